The van der Waals surface area contributed by atoms with Gasteiger partial charge in [0.05, 0.1) is 28.9 Å². The molecule has 0 bridgehead atoms. The highest BCUT2D eigenvalue weighted by Crippen LogP contribution is 2.32. The lowest BCUT2D eigenvalue weighted by Gasteiger charge is -2.23. The molecule has 0 spiro atoms. The Bertz CT molecular complexity index is 914. The van der Waals surface area contributed by atoms with Crippen molar-refractivity contribution in [2.24, 2.45) is 0 Å². The Morgan fingerprint density at radius 3 is 2.38 bits per heavy atom. The van der Waals surface area contributed by atoms with Crippen molar-refractivity contribution in [3.05, 3.63) is 54.1 Å². The van der Waals surface area contributed by atoms with Gasteiger partial charge in [0.2, 0.25) is 15.9 Å². The van der Waals surface area contributed by atoms with E-state index in [1.807, 2.05) is 0 Å². The second-order valence-corrected chi connectivity index (χ2v) is 7.36. The average Bonchev–Trinajstić information content (AvgIpc) is 2.53. The number of para-hydroxylation sites is 2. The fraction of sp³-hybridized carbons (Fsp3) is 0.188. The summed E-state index contributed by atoms with van der Waals surface area (Å²) in [4.78, 5) is 12.2. The van der Waals surface area contributed by atoms with Crippen molar-refractivity contribution in [1.29, 1.82) is 0 Å². The van der Waals surface area contributed by atoms with E-state index in [0.717, 1.165) is 18.4 Å². The highest BCUT2D eigenvalue weighted by Gasteiger charge is 2.32. The molecule has 2 aromatic rings. The van der Waals surface area contributed by atoms with Crippen molar-refractivity contribution in [2.75, 3.05) is 28.2 Å². The number of anilines is 3. The van der Waals surface area contributed by atoms with E-state index >= 15 is 0 Å². The fourth-order valence-corrected chi connectivity index (χ4v) is 3.02. The molecule has 2 aromatic carbocycles. The molecule has 6 nitrogen and oxygen atoms in total. The lowest BCUT2D eigenvalue weighted by atomic mass is 10.2. The summed E-state index contributed by atoms with van der Waals surface area (Å²) in [5.41, 5.74) is 4.95. The maximum atomic E-state index is 12.9. The van der Waals surface area contributed by atoms with Crippen LogP contribution in [0.25, 0.3) is 0 Å². The molecule has 0 aromatic heterocycles. The molecule has 3 N–H and O–H groups in total. The van der Waals surface area contributed by atoms with Crippen molar-refractivity contribution in [2.45, 2.75) is 6.18 Å². The molecule has 0 fully saturated rings. The normalized spacial score (nSPS) is 11.8. The second kappa shape index (κ2) is 7.24. The molecule has 2 rings (SSSR count). The van der Waals surface area contributed by atoms with E-state index in [9.17, 15) is 26.4 Å². The summed E-state index contributed by atoms with van der Waals surface area (Å²) in [6.07, 6.45) is -3.84. The molecule has 0 atom stereocenters. The fourth-order valence-electron chi connectivity index (χ4n) is 2.17. The number of amides is 1. The predicted octanol–water partition coefficient (Wildman–Crippen LogP) is 2.69. The van der Waals surface area contributed by atoms with Gasteiger partial charge in [0.15, 0.2) is 0 Å². The topological polar surface area (TPSA) is 92.5 Å². The van der Waals surface area contributed by atoms with Crippen LogP contribution in [0, 0.1) is 0 Å². The lowest BCUT2D eigenvalue weighted by Crippen LogP contribution is -2.37. The van der Waals surface area contributed by atoms with Gasteiger partial charge in [-0.05, 0) is 30.3 Å². The summed E-state index contributed by atoms with van der Waals surface area (Å²) in [7, 11) is -4.00. The molecule has 140 valence electrons. The van der Waals surface area contributed by atoms with Gasteiger partial charge in [0.1, 0.15) is 6.54 Å². The van der Waals surface area contributed by atoms with E-state index in [1.54, 1.807) is 12.1 Å². The molecule has 0 aliphatic carbocycles. The van der Waals surface area contributed by atoms with Gasteiger partial charge in [-0.2, -0.15) is 13.2 Å². The van der Waals surface area contributed by atoms with Gasteiger partial charge in [0, 0.05) is 0 Å². The zero-order valence-corrected chi connectivity index (χ0v) is 14.4. The predicted molar refractivity (Wildman–Crippen MR) is 93.1 cm³/mol. The number of alkyl halides is 3. The van der Waals surface area contributed by atoms with Crippen molar-refractivity contribution in [3.8, 4) is 0 Å². The van der Waals surface area contributed by atoms with Gasteiger partial charge in [-0.15, -0.1) is 0 Å². The van der Waals surface area contributed by atoms with Crippen molar-refractivity contribution >= 4 is 33.0 Å². The Kier molecular flexibility index (Phi) is 5.45. The van der Waals surface area contributed by atoms with Crippen LogP contribution in [0.15, 0.2) is 48.5 Å². The maximum absolute atomic E-state index is 12.9. The minimum Gasteiger partial charge on any atom is -0.397 e. The first-order valence-electron chi connectivity index (χ1n) is 7.28. The number of carbonyl (C=O) groups is 1. The first kappa shape index (κ1) is 19.6. The molecule has 10 heteroatoms. The van der Waals surface area contributed by atoms with Crippen LogP contribution in [-0.2, 0) is 21.0 Å². The van der Waals surface area contributed by atoms with Crippen LogP contribution in [0.1, 0.15) is 5.56 Å². The first-order valence-corrected chi connectivity index (χ1v) is 9.12. The third-order valence-corrected chi connectivity index (χ3v) is 4.52. The number of rotatable bonds is 5. The standard InChI is InChI=1S/C16H16F3N3O3S/c1-26(24,25)22(12-6-4-5-11(9-12)16(17,18)19)10-15(23)21-14-8-3-2-7-13(14)20/h2-9H,10,20H2,1H3,(H,21,23). The monoisotopic (exact) mass is 387 g/mol. The summed E-state index contributed by atoms with van der Waals surface area (Å²) in [5, 5.41) is 2.44. The Hall–Kier alpha value is -2.75. The minimum absolute atomic E-state index is 0.265. The van der Waals surface area contributed by atoms with Gasteiger partial charge in [-0.3, -0.25) is 9.10 Å². The van der Waals surface area contributed by atoms with Crippen molar-refractivity contribution in [3.63, 3.8) is 0 Å². The van der Waals surface area contributed by atoms with E-state index in [0.29, 0.717) is 10.4 Å². The van der Waals surface area contributed by atoms with Crippen LogP contribution >= 0.6 is 0 Å². The van der Waals surface area contributed by atoms with E-state index in [4.69, 9.17) is 5.73 Å². The molecule has 0 unspecified atom stereocenters. The van der Waals surface area contributed by atoms with Crippen molar-refractivity contribution in [1.82, 2.24) is 0 Å². The van der Waals surface area contributed by atoms with E-state index < -0.39 is 34.2 Å². The maximum Gasteiger partial charge on any atom is 0.416 e. The second-order valence-electron chi connectivity index (χ2n) is 5.45. The van der Waals surface area contributed by atoms with E-state index in [2.05, 4.69) is 5.32 Å². The summed E-state index contributed by atoms with van der Waals surface area (Å²) in [6, 6.07) is 10.1. The van der Waals surface area contributed by atoms with E-state index in [1.165, 1.54) is 18.2 Å². The van der Waals surface area contributed by atoms with E-state index in [-0.39, 0.29) is 17.1 Å². The Morgan fingerprint density at radius 1 is 1.15 bits per heavy atom. The SMILES string of the molecule is CS(=O)(=O)N(CC(=O)Nc1ccccc1N)c1cccc(C(F)(F)F)c1. The summed E-state index contributed by atoms with van der Waals surface area (Å²) < 4.78 is 63.2. The minimum atomic E-state index is -4.64. The quantitative estimate of drug-likeness (QED) is 0.772. The molecular formula is C16H16F3N3O3S. The molecule has 0 radical (unpaired) electrons. The number of nitrogens with one attached hydrogen (secondary N) is 1. The number of nitrogens with two attached hydrogens (primary N) is 1. The van der Waals surface area contributed by atoms with Crippen molar-refractivity contribution < 1.29 is 26.4 Å². The largest absolute Gasteiger partial charge is 0.416 e. The summed E-state index contributed by atoms with van der Waals surface area (Å²) in [6.45, 7) is -0.700. The van der Waals surface area contributed by atoms with Crippen LogP contribution in [0.2, 0.25) is 0 Å². The highest BCUT2D eigenvalue weighted by atomic mass is 32.2. The highest BCUT2D eigenvalue weighted by molar-refractivity contribution is 7.92. The lowest BCUT2D eigenvalue weighted by molar-refractivity contribution is -0.137. The smallest absolute Gasteiger partial charge is 0.397 e. The number of hydrogen-bond acceptors (Lipinski definition) is 4. The Labute approximate surface area is 148 Å². The molecule has 26 heavy (non-hydrogen) atoms. The third kappa shape index (κ3) is 4.88. The molecule has 0 aliphatic heterocycles. The number of halogens is 3. The summed E-state index contributed by atoms with van der Waals surface area (Å²) >= 11 is 0. The van der Waals surface area contributed by atoms with Gasteiger partial charge in [-0.25, -0.2) is 8.42 Å². The van der Waals surface area contributed by atoms with Gasteiger partial charge < -0.3 is 11.1 Å². The van der Waals surface area contributed by atoms with Crippen LogP contribution in [0.5, 0.6) is 0 Å². The third-order valence-electron chi connectivity index (χ3n) is 3.38. The van der Waals surface area contributed by atoms with Crippen LogP contribution < -0.4 is 15.4 Å². The van der Waals surface area contributed by atoms with Gasteiger partial charge in [0.25, 0.3) is 0 Å². The van der Waals surface area contributed by atoms with Crippen LogP contribution in [-0.4, -0.2) is 27.1 Å². The zero-order chi connectivity index (χ0) is 19.5. The van der Waals surface area contributed by atoms with Crippen LogP contribution in [0.4, 0.5) is 30.2 Å². The first-order chi connectivity index (χ1) is 12.0. The molecular weight excluding hydrogens is 371 g/mol. The number of hydrogen-bond donors (Lipinski definition) is 2. The average molecular weight is 387 g/mol. The van der Waals surface area contributed by atoms with Gasteiger partial charge in [-0.1, -0.05) is 18.2 Å². The number of sulfonamides is 1. The molecule has 0 aliphatic rings. The number of nitrogen functional groups attached to an aromatic ring is 1. The van der Waals surface area contributed by atoms with Gasteiger partial charge >= 0.3 is 6.18 Å². The number of benzene rings is 2. The van der Waals surface area contributed by atoms with Crippen LogP contribution in [0.3, 0.4) is 0 Å². The number of carbonyl (C=O) groups excluding carboxylic acids is 1. The molecule has 0 heterocycles. The molecule has 0 saturated heterocycles. The number of nitrogens with zero attached hydrogens (tertiary/aromatic N) is 1. The Morgan fingerprint density at radius 2 is 1.81 bits per heavy atom. The molecule has 1 amide bonds. The molecule has 0 saturated carbocycles. The zero-order valence-electron chi connectivity index (χ0n) is 13.6. The Balaban J connectivity index is 2.29. The summed E-state index contributed by atoms with van der Waals surface area (Å²) in [5.74, 6) is -0.745.